The van der Waals surface area contributed by atoms with E-state index in [0.29, 0.717) is 17.9 Å². The van der Waals surface area contributed by atoms with Gasteiger partial charge in [-0.05, 0) is 37.3 Å². The van der Waals surface area contributed by atoms with Crippen LogP contribution in [0, 0.1) is 0 Å². The van der Waals surface area contributed by atoms with Crippen LogP contribution in [0.25, 0.3) is 0 Å². The third-order valence-electron chi connectivity index (χ3n) is 3.97. The predicted molar refractivity (Wildman–Crippen MR) is 103 cm³/mol. The number of hydrogen-bond acceptors (Lipinski definition) is 6. The zero-order chi connectivity index (χ0) is 19.1. The molecule has 2 rings (SSSR count). The van der Waals surface area contributed by atoms with Crippen LogP contribution in [0.3, 0.4) is 0 Å². The molecule has 26 heavy (non-hydrogen) atoms. The fourth-order valence-electron chi connectivity index (χ4n) is 2.56. The summed E-state index contributed by atoms with van der Waals surface area (Å²) in [5.74, 6) is 1.01. The Morgan fingerprint density at radius 3 is 2.31 bits per heavy atom. The molecule has 0 saturated heterocycles. The molecule has 2 aromatic carbocycles. The van der Waals surface area contributed by atoms with Crippen LogP contribution < -0.4 is 19.7 Å². The molecule has 1 unspecified atom stereocenters. The molecule has 0 fully saturated rings. The highest BCUT2D eigenvalue weighted by molar-refractivity contribution is 5.82. The molecule has 0 aliphatic heterocycles. The highest BCUT2D eigenvalue weighted by Gasteiger charge is 2.25. The number of esters is 1. The number of anilines is 2. The summed E-state index contributed by atoms with van der Waals surface area (Å²) in [7, 11) is 7.11. The van der Waals surface area contributed by atoms with Crippen molar-refractivity contribution >= 4 is 17.3 Å². The fraction of sp³-hybridized carbons (Fsp3) is 0.350. The summed E-state index contributed by atoms with van der Waals surface area (Å²) < 4.78 is 16.0. The van der Waals surface area contributed by atoms with Crippen LogP contribution in [0.15, 0.2) is 42.5 Å². The number of ether oxygens (including phenoxy) is 3. The van der Waals surface area contributed by atoms with Crippen LogP contribution in [0.4, 0.5) is 11.4 Å². The van der Waals surface area contributed by atoms with Crippen molar-refractivity contribution < 1.29 is 19.0 Å². The molecule has 6 heteroatoms. The molecule has 0 aliphatic rings. The summed E-state index contributed by atoms with van der Waals surface area (Å²) >= 11 is 0. The van der Waals surface area contributed by atoms with Gasteiger partial charge in [0.05, 0.1) is 20.8 Å². The van der Waals surface area contributed by atoms with Crippen LogP contribution in [-0.2, 0) is 9.53 Å². The number of nitrogens with zero attached hydrogens (tertiary/aromatic N) is 1. The lowest BCUT2D eigenvalue weighted by molar-refractivity contribution is -0.144. The average molecular weight is 358 g/mol. The normalized spacial score (nSPS) is 11.4. The zero-order valence-corrected chi connectivity index (χ0v) is 15.9. The number of methoxy groups -OCH3 is 2. The number of benzene rings is 2. The predicted octanol–water partition coefficient (Wildman–Crippen LogP) is 3.49. The second-order valence-corrected chi connectivity index (χ2v) is 5.88. The Balaban J connectivity index is 2.39. The Hall–Kier alpha value is -2.89. The van der Waals surface area contributed by atoms with E-state index in [1.807, 2.05) is 61.5 Å². The molecule has 0 radical (unpaired) electrons. The van der Waals surface area contributed by atoms with Gasteiger partial charge >= 0.3 is 5.97 Å². The lowest BCUT2D eigenvalue weighted by atomic mass is 10.0. The third-order valence-corrected chi connectivity index (χ3v) is 3.97. The Morgan fingerprint density at radius 1 is 1.08 bits per heavy atom. The van der Waals surface area contributed by atoms with Crippen molar-refractivity contribution in [3.05, 3.63) is 48.0 Å². The van der Waals surface area contributed by atoms with Crippen molar-refractivity contribution in [1.29, 1.82) is 0 Å². The highest BCUT2D eigenvalue weighted by Crippen LogP contribution is 2.32. The van der Waals surface area contributed by atoms with Gasteiger partial charge in [-0.1, -0.05) is 6.07 Å². The molecule has 0 spiro atoms. The van der Waals surface area contributed by atoms with E-state index in [0.717, 1.165) is 17.1 Å². The fourth-order valence-corrected chi connectivity index (χ4v) is 2.56. The summed E-state index contributed by atoms with van der Waals surface area (Å²) in [5.41, 5.74) is 2.48. The lowest BCUT2D eigenvalue weighted by Gasteiger charge is -2.22. The summed E-state index contributed by atoms with van der Waals surface area (Å²) in [5, 5.41) is 3.23. The van der Waals surface area contributed by atoms with Gasteiger partial charge in [0.15, 0.2) is 6.04 Å². The molecule has 0 amide bonds. The molecule has 1 N–H and O–H groups in total. The van der Waals surface area contributed by atoms with E-state index in [2.05, 4.69) is 5.32 Å². The van der Waals surface area contributed by atoms with Crippen LogP contribution in [0.1, 0.15) is 18.5 Å². The minimum absolute atomic E-state index is 0.303. The first kappa shape index (κ1) is 19.4. The lowest BCUT2D eigenvalue weighted by Crippen LogP contribution is -2.24. The first-order valence-corrected chi connectivity index (χ1v) is 8.42. The molecule has 0 saturated carbocycles. The molecule has 2 aromatic rings. The number of nitrogens with one attached hydrogen (secondary N) is 1. The van der Waals surface area contributed by atoms with Gasteiger partial charge in [-0.15, -0.1) is 0 Å². The van der Waals surface area contributed by atoms with Crippen LogP contribution in [0.5, 0.6) is 11.5 Å². The van der Waals surface area contributed by atoms with E-state index < -0.39 is 6.04 Å². The van der Waals surface area contributed by atoms with Gasteiger partial charge in [-0.2, -0.15) is 0 Å². The monoisotopic (exact) mass is 358 g/mol. The van der Waals surface area contributed by atoms with E-state index in [-0.39, 0.29) is 5.97 Å². The van der Waals surface area contributed by atoms with Crippen molar-refractivity contribution in [3.8, 4) is 11.5 Å². The number of hydrogen-bond donors (Lipinski definition) is 1. The Bertz CT molecular complexity index is 729. The van der Waals surface area contributed by atoms with E-state index >= 15 is 0 Å². The summed E-state index contributed by atoms with van der Waals surface area (Å²) in [6.07, 6.45) is 0. The van der Waals surface area contributed by atoms with Gasteiger partial charge in [0, 0.05) is 37.1 Å². The number of rotatable bonds is 8. The number of carbonyl (C=O) groups excluding carboxylic acids is 1. The van der Waals surface area contributed by atoms with Gasteiger partial charge in [-0.3, -0.25) is 0 Å². The van der Waals surface area contributed by atoms with Crippen molar-refractivity contribution in [2.75, 3.05) is 45.1 Å². The maximum Gasteiger partial charge on any atom is 0.333 e. The van der Waals surface area contributed by atoms with E-state index in [1.165, 1.54) is 0 Å². The minimum Gasteiger partial charge on any atom is -0.497 e. The molecular formula is C20H26N2O4. The third kappa shape index (κ3) is 4.59. The second kappa shape index (κ2) is 8.99. The molecule has 0 bridgehead atoms. The van der Waals surface area contributed by atoms with E-state index in [1.54, 1.807) is 21.1 Å². The van der Waals surface area contributed by atoms with Gasteiger partial charge < -0.3 is 24.4 Å². The molecule has 0 aromatic heterocycles. The van der Waals surface area contributed by atoms with E-state index in [9.17, 15) is 4.79 Å². The van der Waals surface area contributed by atoms with Crippen molar-refractivity contribution in [1.82, 2.24) is 0 Å². The molecular weight excluding hydrogens is 332 g/mol. The van der Waals surface area contributed by atoms with Gasteiger partial charge in [0.25, 0.3) is 0 Å². The van der Waals surface area contributed by atoms with E-state index in [4.69, 9.17) is 14.2 Å². The summed E-state index contributed by atoms with van der Waals surface area (Å²) in [6, 6.07) is 12.4. The SMILES string of the molecule is CCOC(=O)C(Nc1ccc(OC)cc1)c1ccc(N(C)C)cc1OC. The van der Waals surface area contributed by atoms with Crippen LogP contribution in [0.2, 0.25) is 0 Å². The van der Waals surface area contributed by atoms with Crippen molar-refractivity contribution in [2.24, 2.45) is 0 Å². The molecule has 1 atom stereocenters. The Labute approximate surface area is 154 Å². The second-order valence-electron chi connectivity index (χ2n) is 5.88. The standard InChI is InChI=1S/C20H26N2O4/c1-6-26-20(23)19(21-14-7-10-16(24-4)11-8-14)17-12-9-15(22(2)3)13-18(17)25-5/h7-13,19,21H,6H2,1-5H3. The summed E-state index contributed by atoms with van der Waals surface area (Å²) in [6.45, 7) is 2.09. The highest BCUT2D eigenvalue weighted by atomic mass is 16.5. The van der Waals surface area contributed by atoms with Crippen LogP contribution in [-0.4, -0.2) is 40.9 Å². The van der Waals surface area contributed by atoms with Crippen molar-refractivity contribution in [3.63, 3.8) is 0 Å². The maximum atomic E-state index is 12.6. The summed E-state index contributed by atoms with van der Waals surface area (Å²) in [4.78, 5) is 14.6. The molecule has 0 heterocycles. The quantitative estimate of drug-likeness (QED) is 0.729. The average Bonchev–Trinajstić information content (AvgIpc) is 2.66. The van der Waals surface area contributed by atoms with Gasteiger partial charge in [-0.25, -0.2) is 4.79 Å². The molecule has 6 nitrogen and oxygen atoms in total. The first-order chi connectivity index (χ1) is 12.5. The molecule has 140 valence electrons. The first-order valence-electron chi connectivity index (χ1n) is 8.42. The van der Waals surface area contributed by atoms with Gasteiger partial charge in [0.1, 0.15) is 11.5 Å². The zero-order valence-electron chi connectivity index (χ0n) is 15.9. The Kier molecular flexibility index (Phi) is 6.72. The maximum absolute atomic E-state index is 12.6. The number of carbonyl (C=O) groups is 1. The topological polar surface area (TPSA) is 60.0 Å². The molecule has 0 aliphatic carbocycles. The van der Waals surface area contributed by atoms with Gasteiger partial charge in [0.2, 0.25) is 0 Å². The van der Waals surface area contributed by atoms with Crippen LogP contribution >= 0.6 is 0 Å². The smallest absolute Gasteiger partial charge is 0.333 e. The largest absolute Gasteiger partial charge is 0.497 e. The minimum atomic E-state index is -0.686. The Morgan fingerprint density at radius 2 is 1.77 bits per heavy atom. The van der Waals surface area contributed by atoms with Crippen molar-refractivity contribution in [2.45, 2.75) is 13.0 Å².